The number of fused-ring (bicyclic) bond motifs is 2. The van der Waals surface area contributed by atoms with Crippen LogP contribution in [0.2, 0.25) is 0 Å². The van der Waals surface area contributed by atoms with E-state index in [4.69, 9.17) is 26.7 Å². The second kappa shape index (κ2) is 6.92. The van der Waals surface area contributed by atoms with Crippen molar-refractivity contribution in [2.75, 3.05) is 9.62 Å². The number of nitrogens with one attached hydrogen (secondary N) is 2. The molecule has 4 heterocycles. The Bertz CT molecular complexity index is 1230. The second-order valence-electron chi connectivity index (χ2n) is 6.49. The molecule has 4 N–H and O–H groups in total. The quantitative estimate of drug-likeness (QED) is 0.654. The third-order valence-electron chi connectivity index (χ3n) is 4.67. The van der Waals surface area contributed by atoms with Gasteiger partial charge in [-0.15, -0.1) is 0 Å². The molecule has 0 spiro atoms. The average molecular weight is 447 g/mol. The Morgan fingerprint density at radius 3 is 2.83 bits per heavy atom. The fourth-order valence-electron chi connectivity index (χ4n) is 3.24. The van der Waals surface area contributed by atoms with Crippen LogP contribution in [0.15, 0.2) is 80.1 Å². The molecule has 12 heteroatoms. The maximum absolute atomic E-state index is 13.0. The first kappa shape index (κ1) is 18.8. The molecule has 1 atom stereocenters. The normalized spacial score (nSPS) is 20.1. The van der Waals surface area contributed by atoms with Gasteiger partial charge in [0, 0.05) is 17.6 Å². The van der Waals surface area contributed by atoms with Gasteiger partial charge in [0.2, 0.25) is 5.88 Å². The van der Waals surface area contributed by atoms with Gasteiger partial charge in [-0.1, -0.05) is 11.6 Å². The third kappa shape index (κ3) is 3.04. The molecule has 1 aromatic carbocycles. The molecule has 0 fully saturated rings. The van der Waals surface area contributed by atoms with Crippen LogP contribution in [0.5, 0.6) is 0 Å². The predicted molar refractivity (Wildman–Crippen MR) is 111 cm³/mol. The maximum atomic E-state index is 13.0. The number of furan rings is 1. The summed E-state index contributed by atoms with van der Waals surface area (Å²) in [6.45, 7) is 0. The van der Waals surface area contributed by atoms with Gasteiger partial charge in [-0.3, -0.25) is 4.72 Å². The zero-order valence-corrected chi connectivity index (χ0v) is 16.8. The molecular weight excluding hydrogens is 432 g/mol. The Hall–Kier alpha value is -3.25. The molecule has 0 saturated heterocycles. The number of rotatable bonds is 4. The highest BCUT2D eigenvalue weighted by atomic mass is 35.5. The van der Waals surface area contributed by atoms with Crippen molar-refractivity contribution in [2.45, 2.75) is 6.17 Å². The molecule has 1 unspecified atom stereocenters. The molecular formula is C18H15ClN6O4S. The van der Waals surface area contributed by atoms with Gasteiger partial charge in [0.05, 0.1) is 23.1 Å². The standard InChI is InChI=1S/C18H15ClN6O4S/c19-14-5-7-25-15(9-22-29-25)16(14)30(26,27)23-11-1-3-12(4-2-11)24-10-21-18-13(17(24)20)6-8-28-18/h1-10,17,22-23H,20H2. The number of hydrogen-bond acceptors (Lipinski definition) is 9. The fraction of sp³-hybridized carbons (Fsp3) is 0.0556. The van der Waals surface area contributed by atoms with Gasteiger partial charge in [-0.25, -0.2) is 24.0 Å². The third-order valence-corrected chi connectivity index (χ3v) is 6.57. The molecule has 3 aliphatic heterocycles. The molecule has 0 radical (unpaired) electrons. The number of sulfonamides is 1. The topological polar surface area (TPSA) is 125 Å². The molecule has 3 aliphatic rings. The number of nitrogens with zero attached hydrogens (tertiary/aromatic N) is 3. The van der Waals surface area contributed by atoms with Crippen molar-refractivity contribution in [2.24, 2.45) is 10.7 Å². The van der Waals surface area contributed by atoms with Gasteiger partial charge in [0.15, 0.2) is 0 Å². The van der Waals surface area contributed by atoms with E-state index in [-0.39, 0.29) is 15.6 Å². The van der Waals surface area contributed by atoms with Crippen LogP contribution in [0.4, 0.5) is 17.3 Å². The van der Waals surface area contributed by atoms with Crippen LogP contribution in [0, 0.1) is 0 Å². The number of halogens is 1. The molecule has 154 valence electrons. The summed E-state index contributed by atoms with van der Waals surface area (Å²) >= 11 is 6.15. The van der Waals surface area contributed by atoms with Crippen LogP contribution in [-0.4, -0.2) is 19.8 Å². The van der Waals surface area contributed by atoms with Gasteiger partial charge >= 0.3 is 0 Å². The zero-order valence-electron chi connectivity index (χ0n) is 15.2. The number of hydroxylamine groups is 3. The van der Waals surface area contributed by atoms with E-state index in [0.717, 1.165) is 11.3 Å². The summed E-state index contributed by atoms with van der Waals surface area (Å²) in [5.41, 5.74) is 10.9. The second-order valence-corrected chi connectivity index (χ2v) is 8.51. The maximum Gasteiger partial charge on any atom is 0.265 e. The van der Waals surface area contributed by atoms with Crippen LogP contribution in [0.25, 0.3) is 0 Å². The van der Waals surface area contributed by atoms with Crippen LogP contribution < -0.4 is 20.8 Å². The largest absolute Gasteiger partial charge is 0.446 e. The van der Waals surface area contributed by atoms with E-state index in [2.05, 4.69) is 15.2 Å². The van der Waals surface area contributed by atoms with Gasteiger partial charge in [-0.2, -0.15) is 4.94 Å². The van der Waals surface area contributed by atoms with Crippen LogP contribution >= 0.6 is 11.6 Å². The van der Waals surface area contributed by atoms with Gasteiger partial charge < -0.3 is 15.1 Å². The number of allylic oxidation sites excluding steroid dienone is 2. The van der Waals surface area contributed by atoms with E-state index in [1.54, 1.807) is 41.6 Å². The van der Waals surface area contributed by atoms with Crippen molar-refractivity contribution in [1.82, 2.24) is 10.5 Å². The lowest BCUT2D eigenvalue weighted by Gasteiger charge is -2.29. The highest BCUT2D eigenvalue weighted by molar-refractivity contribution is 7.96. The van der Waals surface area contributed by atoms with E-state index in [9.17, 15) is 8.42 Å². The van der Waals surface area contributed by atoms with Gasteiger partial charge in [0.1, 0.15) is 23.1 Å². The Labute approximate surface area is 176 Å². The Morgan fingerprint density at radius 1 is 1.23 bits per heavy atom. The van der Waals surface area contributed by atoms with E-state index >= 15 is 0 Å². The number of nitrogens with two attached hydrogens (primary N) is 1. The van der Waals surface area contributed by atoms with E-state index < -0.39 is 16.2 Å². The first-order chi connectivity index (χ1) is 14.4. The molecule has 2 aromatic rings. The molecule has 30 heavy (non-hydrogen) atoms. The minimum atomic E-state index is -3.98. The lowest BCUT2D eigenvalue weighted by atomic mass is 10.2. The van der Waals surface area contributed by atoms with E-state index in [0.29, 0.717) is 11.6 Å². The summed E-state index contributed by atoms with van der Waals surface area (Å²) in [7, 11) is -3.98. The van der Waals surface area contributed by atoms with Crippen molar-refractivity contribution in [3.8, 4) is 0 Å². The average Bonchev–Trinajstić information content (AvgIpc) is 3.38. The lowest BCUT2D eigenvalue weighted by molar-refractivity contribution is -0.112. The van der Waals surface area contributed by atoms with Crippen LogP contribution in [-0.2, 0) is 15.0 Å². The number of aliphatic imine (C=N–C) groups is 1. The lowest BCUT2D eigenvalue weighted by Crippen LogP contribution is -2.35. The Morgan fingerprint density at radius 2 is 2.03 bits per heavy atom. The van der Waals surface area contributed by atoms with E-state index in [1.165, 1.54) is 29.8 Å². The summed E-state index contributed by atoms with van der Waals surface area (Å²) in [6, 6.07) is 8.48. The molecule has 0 amide bonds. The summed E-state index contributed by atoms with van der Waals surface area (Å²) in [5.74, 6) is 0.476. The Kier molecular flexibility index (Phi) is 4.33. The summed E-state index contributed by atoms with van der Waals surface area (Å²) in [6.07, 6.45) is 6.99. The first-order valence-corrected chi connectivity index (χ1v) is 10.6. The molecule has 1 aromatic heterocycles. The summed E-state index contributed by atoms with van der Waals surface area (Å²) < 4.78 is 33.7. The number of benzene rings is 1. The molecule has 5 rings (SSSR count). The number of hydrogen-bond donors (Lipinski definition) is 3. The minimum Gasteiger partial charge on any atom is -0.446 e. The molecule has 10 nitrogen and oxygen atoms in total. The zero-order chi connectivity index (χ0) is 20.9. The SMILES string of the molecule is NC1c2ccoc2N=CN1c1ccc(NS(=O)(=O)C2=C(Cl)C=CN3ONC=C23)cc1. The van der Waals surface area contributed by atoms with Crippen molar-refractivity contribution >= 4 is 45.2 Å². The predicted octanol–water partition coefficient (Wildman–Crippen LogP) is 2.73. The smallest absolute Gasteiger partial charge is 0.265 e. The monoisotopic (exact) mass is 446 g/mol. The summed E-state index contributed by atoms with van der Waals surface area (Å²) in [4.78, 5) is 11.0. The van der Waals surface area contributed by atoms with Crippen molar-refractivity contribution in [3.05, 3.63) is 76.3 Å². The molecule has 0 saturated carbocycles. The Balaban J connectivity index is 1.38. The van der Waals surface area contributed by atoms with Crippen LogP contribution in [0.3, 0.4) is 0 Å². The van der Waals surface area contributed by atoms with Crippen molar-refractivity contribution < 1.29 is 17.8 Å². The molecule has 0 aliphatic carbocycles. The van der Waals surface area contributed by atoms with Crippen molar-refractivity contribution in [3.63, 3.8) is 0 Å². The first-order valence-electron chi connectivity index (χ1n) is 8.73. The van der Waals surface area contributed by atoms with Gasteiger partial charge in [0.25, 0.3) is 10.0 Å². The van der Waals surface area contributed by atoms with Crippen molar-refractivity contribution in [1.29, 1.82) is 0 Å². The molecule has 0 bridgehead atoms. The summed E-state index contributed by atoms with van der Waals surface area (Å²) in [5, 5.41) is 1.34. The van der Waals surface area contributed by atoms with Crippen LogP contribution in [0.1, 0.15) is 11.7 Å². The fourth-order valence-corrected chi connectivity index (χ4v) is 4.99. The highest BCUT2D eigenvalue weighted by Gasteiger charge is 2.33. The van der Waals surface area contributed by atoms with Gasteiger partial charge in [-0.05, 0) is 36.4 Å². The van der Waals surface area contributed by atoms with E-state index in [1.807, 2.05) is 0 Å². The number of anilines is 2. The minimum absolute atomic E-state index is 0.0698. The highest BCUT2D eigenvalue weighted by Crippen LogP contribution is 2.36.